The first-order chi connectivity index (χ1) is 10.6. The highest BCUT2D eigenvalue weighted by Gasteiger charge is 2.14. The fourth-order valence-electron chi connectivity index (χ4n) is 2.24. The zero-order chi connectivity index (χ0) is 15.7. The van der Waals surface area contributed by atoms with Crippen LogP contribution in [-0.4, -0.2) is 16.8 Å². The van der Waals surface area contributed by atoms with Gasteiger partial charge >= 0.3 is 0 Å². The minimum absolute atomic E-state index is 0.194. The van der Waals surface area contributed by atoms with E-state index in [1.807, 2.05) is 0 Å². The van der Waals surface area contributed by atoms with Crippen molar-refractivity contribution >= 4 is 28.4 Å². The minimum atomic E-state index is -0.640. The molecule has 0 saturated carbocycles. The smallest absolute Gasteiger partial charge is 0.272 e. The number of rotatable bonds is 3. The van der Waals surface area contributed by atoms with Gasteiger partial charge in [-0.1, -0.05) is 18.2 Å². The van der Waals surface area contributed by atoms with Crippen LogP contribution in [0.25, 0.3) is 10.9 Å². The molecule has 0 spiro atoms. The Bertz CT molecular complexity index is 886. The van der Waals surface area contributed by atoms with E-state index in [2.05, 4.69) is 10.3 Å². The van der Waals surface area contributed by atoms with Gasteiger partial charge in [-0.2, -0.15) is 0 Å². The zero-order valence-electron chi connectivity index (χ0n) is 11.4. The van der Waals surface area contributed by atoms with Crippen molar-refractivity contribution in [3.8, 4) is 0 Å². The van der Waals surface area contributed by atoms with Crippen LogP contribution in [0.4, 0.5) is 10.1 Å². The van der Waals surface area contributed by atoms with Crippen molar-refractivity contribution in [3.05, 3.63) is 65.6 Å². The largest absolute Gasteiger partial charge is 0.366 e. The molecule has 0 radical (unpaired) electrons. The Hall–Kier alpha value is -3.15. The molecule has 3 aromatic rings. The molecule has 5 nitrogen and oxygen atoms in total. The molecule has 4 N–H and O–H groups in total. The van der Waals surface area contributed by atoms with Crippen LogP contribution in [-0.2, 0) is 0 Å². The summed E-state index contributed by atoms with van der Waals surface area (Å²) in [6, 6.07) is 12.4. The normalized spacial score (nSPS) is 10.6. The molecule has 3 rings (SSSR count). The molecule has 1 heterocycles. The van der Waals surface area contributed by atoms with Gasteiger partial charge in [0.15, 0.2) is 0 Å². The lowest BCUT2D eigenvalue weighted by atomic mass is 10.1. The van der Waals surface area contributed by atoms with Crippen LogP contribution in [0.3, 0.4) is 0 Å². The summed E-state index contributed by atoms with van der Waals surface area (Å²) in [5.74, 6) is -1.53. The molecule has 0 atom stereocenters. The van der Waals surface area contributed by atoms with E-state index in [-0.39, 0.29) is 11.3 Å². The maximum Gasteiger partial charge on any atom is 0.272 e. The van der Waals surface area contributed by atoms with Crippen molar-refractivity contribution in [2.75, 3.05) is 5.32 Å². The first-order valence-electron chi connectivity index (χ1n) is 6.53. The second kappa shape index (κ2) is 5.33. The summed E-state index contributed by atoms with van der Waals surface area (Å²) in [6.45, 7) is 0. The number of carbonyl (C=O) groups is 2. The number of H-pyrrole nitrogens is 1. The number of anilines is 1. The van der Waals surface area contributed by atoms with Crippen LogP contribution in [0.1, 0.15) is 20.8 Å². The van der Waals surface area contributed by atoms with E-state index < -0.39 is 17.6 Å². The number of halogens is 1. The number of para-hydroxylation sites is 1. The molecule has 2 amide bonds. The van der Waals surface area contributed by atoms with Gasteiger partial charge in [-0.3, -0.25) is 9.59 Å². The van der Waals surface area contributed by atoms with Gasteiger partial charge in [0.1, 0.15) is 11.5 Å². The van der Waals surface area contributed by atoms with Crippen molar-refractivity contribution in [1.82, 2.24) is 4.98 Å². The number of aromatic nitrogens is 1. The van der Waals surface area contributed by atoms with E-state index in [9.17, 15) is 14.0 Å². The van der Waals surface area contributed by atoms with E-state index in [4.69, 9.17) is 5.73 Å². The van der Waals surface area contributed by atoms with Gasteiger partial charge in [-0.05, 0) is 30.3 Å². The summed E-state index contributed by atoms with van der Waals surface area (Å²) >= 11 is 0. The lowest BCUT2D eigenvalue weighted by Crippen LogP contribution is -2.18. The standard InChI is InChI=1S/C16H12FN3O2/c17-11-5-3-7-13-10(11)8-14(19-13)16(22)20-12-6-2-1-4-9(12)15(18)21/h1-8,19H,(H2,18,21)(H,20,22). The number of carbonyl (C=O) groups excluding carboxylic acids is 2. The van der Waals surface area contributed by atoms with Crippen molar-refractivity contribution in [2.45, 2.75) is 0 Å². The predicted octanol–water partition coefficient (Wildman–Crippen LogP) is 2.66. The molecule has 0 unspecified atom stereocenters. The van der Waals surface area contributed by atoms with Crippen LogP contribution in [0.2, 0.25) is 0 Å². The molecule has 1 aromatic heterocycles. The highest BCUT2D eigenvalue weighted by Crippen LogP contribution is 2.20. The van der Waals surface area contributed by atoms with E-state index in [0.717, 1.165) is 0 Å². The van der Waals surface area contributed by atoms with Gasteiger partial charge < -0.3 is 16.0 Å². The molecule has 22 heavy (non-hydrogen) atoms. The van der Waals surface area contributed by atoms with Gasteiger partial charge in [0.25, 0.3) is 11.8 Å². The van der Waals surface area contributed by atoms with Crippen LogP contribution in [0, 0.1) is 5.82 Å². The summed E-state index contributed by atoms with van der Waals surface area (Å²) in [4.78, 5) is 26.4. The SMILES string of the molecule is NC(=O)c1ccccc1NC(=O)c1cc2c(F)cccc2[nH]1. The Kier molecular flexibility index (Phi) is 3.34. The molecule has 6 heteroatoms. The lowest BCUT2D eigenvalue weighted by Gasteiger charge is -2.07. The van der Waals surface area contributed by atoms with Gasteiger partial charge in [0, 0.05) is 10.9 Å². The second-order valence-corrected chi connectivity index (χ2v) is 4.75. The number of fused-ring (bicyclic) bond motifs is 1. The molecule has 2 aromatic carbocycles. The quantitative estimate of drug-likeness (QED) is 0.694. The predicted molar refractivity (Wildman–Crippen MR) is 81.2 cm³/mol. The van der Waals surface area contributed by atoms with Crippen molar-refractivity contribution < 1.29 is 14.0 Å². The number of primary amides is 1. The van der Waals surface area contributed by atoms with Gasteiger partial charge in [-0.15, -0.1) is 0 Å². The molecule has 0 aliphatic heterocycles. The monoisotopic (exact) mass is 297 g/mol. The van der Waals surface area contributed by atoms with Crippen LogP contribution in [0.5, 0.6) is 0 Å². The maximum absolute atomic E-state index is 13.6. The zero-order valence-corrected chi connectivity index (χ0v) is 11.4. The van der Waals surface area contributed by atoms with Gasteiger partial charge in [-0.25, -0.2) is 4.39 Å². The molecule has 0 bridgehead atoms. The van der Waals surface area contributed by atoms with Crippen molar-refractivity contribution in [2.24, 2.45) is 5.73 Å². The highest BCUT2D eigenvalue weighted by molar-refractivity contribution is 6.09. The molecule has 110 valence electrons. The summed E-state index contributed by atoms with van der Waals surface area (Å²) in [6.07, 6.45) is 0. The molecule has 0 saturated heterocycles. The van der Waals surface area contributed by atoms with E-state index >= 15 is 0 Å². The van der Waals surface area contributed by atoms with Crippen molar-refractivity contribution in [1.29, 1.82) is 0 Å². The Labute approximate surface area is 124 Å². The average Bonchev–Trinajstić information content (AvgIpc) is 2.93. The van der Waals surface area contributed by atoms with Gasteiger partial charge in [0.2, 0.25) is 0 Å². The molecule has 0 aliphatic carbocycles. The molecular weight excluding hydrogens is 285 g/mol. The summed E-state index contributed by atoms with van der Waals surface area (Å²) in [5, 5.41) is 2.92. The Morgan fingerprint density at radius 3 is 2.59 bits per heavy atom. The topological polar surface area (TPSA) is 88.0 Å². The highest BCUT2D eigenvalue weighted by atomic mass is 19.1. The third-order valence-corrected chi connectivity index (χ3v) is 3.30. The maximum atomic E-state index is 13.6. The number of benzene rings is 2. The van der Waals surface area contributed by atoms with Crippen LogP contribution >= 0.6 is 0 Å². The number of nitrogens with two attached hydrogens (primary N) is 1. The number of hydrogen-bond acceptors (Lipinski definition) is 2. The summed E-state index contributed by atoms with van der Waals surface area (Å²) in [5.41, 5.74) is 6.49. The lowest BCUT2D eigenvalue weighted by molar-refractivity contribution is 0.100. The summed E-state index contributed by atoms with van der Waals surface area (Å²) < 4.78 is 13.6. The Morgan fingerprint density at radius 1 is 1.09 bits per heavy atom. The summed E-state index contributed by atoms with van der Waals surface area (Å²) in [7, 11) is 0. The van der Waals surface area contributed by atoms with Crippen LogP contribution in [0.15, 0.2) is 48.5 Å². The molecule has 0 fully saturated rings. The first-order valence-corrected chi connectivity index (χ1v) is 6.53. The van der Waals surface area contributed by atoms with E-state index in [1.54, 1.807) is 30.3 Å². The number of aromatic amines is 1. The first kappa shape index (κ1) is 13.8. The molecule has 0 aliphatic rings. The Balaban J connectivity index is 1.94. The Morgan fingerprint density at radius 2 is 1.86 bits per heavy atom. The minimum Gasteiger partial charge on any atom is -0.366 e. The van der Waals surface area contributed by atoms with Crippen molar-refractivity contribution in [3.63, 3.8) is 0 Å². The fraction of sp³-hybridized carbons (Fsp3) is 0. The fourth-order valence-corrected chi connectivity index (χ4v) is 2.24. The number of nitrogens with one attached hydrogen (secondary N) is 2. The third-order valence-electron chi connectivity index (χ3n) is 3.30. The van der Waals surface area contributed by atoms with Crippen LogP contribution < -0.4 is 11.1 Å². The van der Waals surface area contributed by atoms with E-state index in [0.29, 0.717) is 16.6 Å². The van der Waals surface area contributed by atoms with Gasteiger partial charge in [0.05, 0.1) is 11.3 Å². The average molecular weight is 297 g/mol. The van der Waals surface area contributed by atoms with E-state index in [1.165, 1.54) is 18.2 Å². The molecular formula is C16H12FN3O2. The number of hydrogen-bond donors (Lipinski definition) is 3. The second-order valence-electron chi connectivity index (χ2n) is 4.75. The number of amides is 2. The third kappa shape index (κ3) is 2.42.